The Morgan fingerprint density at radius 2 is 2.11 bits per heavy atom. The van der Waals surface area contributed by atoms with Gasteiger partial charge in [0.25, 0.3) is 0 Å². The fraction of sp³-hybridized carbons (Fsp3) is 0.625. The van der Waals surface area contributed by atoms with E-state index < -0.39 is 0 Å². The first-order valence-corrected chi connectivity index (χ1v) is 7.31. The summed E-state index contributed by atoms with van der Waals surface area (Å²) in [6, 6.07) is 6.30. The van der Waals surface area contributed by atoms with Crippen LogP contribution in [0.25, 0.3) is 0 Å². The van der Waals surface area contributed by atoms with Crippen LogP contribution in [0, 0.1) is 12.8 Å². The topological polar surface area (TPSA) is 29.3 Å². The van der Waals surface area contributed by atoms with Gasteiger partial charge < -0.3 is 10.6 Å². The number of nitrogen functional groups attached to an aromatic ring is 1. The molecule has 18 heavy (non-hydrogen) atoms. The van der Waals surface area contributed by atoms with Crippen molar-refractivity contribution in [2.45, 2.75) is 46.0 Å². The molecule has 1 unspecified atom stereocenters. The summed E-state index contributed by atoms with van der Waals surface area (Å²) in [6.07, 6.45) is 6.80. The van der Waals surface area contributed by atoms with Gasteiger partial charge in [-0.1, -0.05) is 19.8 Å². The number of rotatable bonds is 3. The summed E-state index contributed by atoms with van der Waals surface area (Å²) < 4.78 is 0. The van der Waals surface area contributed by atoms with Gasteiger partial charge in [0.05, 0.1) is 0 Å². The second-order valence-corrected chi connectivity index (χ2v) is 5.62. The molecule has 1 heterocycles. The molecule has 0 aromatic heterocycles. The quantitative estimate of drug-likeness (QED) is 0.817. The van der Waals surface area contributed by atoms with Crippen molar-refractivity contribution in [2.75, 3.05) is 23.7 Å². The van der Waals surface area contributed by atoms with Gasteiger partial charge in [0.2, 0.25) is 0 Å². The first kappa shape index (κ1) is 13.3. The molecular formula is C16H26N2. The Morgan fingerprint density at radius 3 is 2.83 bits per heavy atom. The van der Waals surface area contributed by atoms with E-state index in [4.69, 9.17) is 5.73 Å². The summed E-state index contributed by atoms with van der Waals surface area (Å²) in [5, 5.41) is 0. The van der Waals surface area contributed by atoms with E-state index in [1.165, 1.54) is 56.4 Å². The van der Waals surface area contributed by atoms with Crippen molar-refractivity contribution in [3.63, 3.8) is 0 Å². The molecule has 100 valence electrons. The molecule has 0 aliphatic carbocycles. The van der Waals surface area contributed by atoms with Crippen LogP contribution in [0.3, 0.4) is 0 Å². The lowest BCUT2D eigenvalue weighted by molar-refractivity contribution is 0.435. The molecule has 0 radical (unpaired) electrons. The second kappa shape index (κ2) is 6.12. The Morgan fingerprint density at radius 1 is 1.28 bits per heavy atom. The average Bonchev–Trinajstić information content (AvgIpc) is 2.55. The molecule has 0 bridgehead atoms. The molecule has 1 aliphatic rings. The molecule has 2 heteroatoms. The van der Waals surface area contributed by atoms with Gasteiger partial charge in [-0.2, -0.15) is 0 Å². The van der Waals surface area contributed by atoms with E-state index in [2.05, 4.69) is 30.9 Å². The molecule has 2 nitrogen and oxygen atoms in total. The van der Waals surface area contributed by atoms with Gasteiger partial charge in [0.15, 0.2) is 0 Å². The highest BCUT2D eigenvalue weighted by atomic mass is 15.1. The molecule has 1 aromatic rings. The molecule has 0 saturated carbocycles. The van der Waals surface area contributed by atoms with Crippen LogP contribution in [0.15, 0.2) is 18.2 Å². The van der Waals surface area contributed by atoms with Crippen molar-refractivity contribution in [3.8, 4) is 0 Å². The van der Waals surface area contributed by atoms with Crippen LogP contribution in [0.5, 0.6) is 0 Å². The van der Waals surface area contributed by atoms with Gasteiger partial charge in [-0.15, -0.1) is 0 Å². The second-order valence-electron chi connectivity index (χ2n) is 5.62. The van der Waals surface area contributed by atoms with E-state index in [1.54, 1.807) is 0 Å². The first-order chi connectivity index (χ1) is 8.70. The predicted molar refractivity (Wildman–Crippen MR) is 80.1 cm³/mol. The summed E-state index contributed by atoms with van der Waals surface area (Å²) in [7, 11) is 0. The molecular weight excluding hydrogens is 220 g/mol. The Hall–Kier alpha value is -1.18. The van der Waals surface area contributed by atoms with E-state index in [9.17, 15) is 0 Å². The molecule has 1 saturated heterocycles. The normalized spacial score (nSPS) is 20.8. The standard InChI is InChI=1S/C16H26N2/c1-3-5-14-6-4-10-18(11-9-14)16-8-7-15(17)12-13(16)2/h7-8,12,14H,3-6,9-11,17H2,1-2H3. The maximum atomic E-state index is 5.83. The van der Waals surface area contributed by atoms with Crippen molar-refractivity contribution in [1.29, 1.82) is 0 Å². The van der Waals surface area contributed by atoms with Crippen molar-refractivity contribution < 1.29 is 0 Å². The third-order valence-electron chi connectivity index (χ3n) is 4.11. The number of hydrogen-bond donors (Lipinski definition) is 1. The average molecular weight is 246 g/mol. The zero-order valence-electron chi connectivity index (χ0n) is 11.8. The van der Waals surface area contributed by atoms with Crippen molar-refractivity contribution in [1.82, 2.24) is 0 Å². The molecule has 0 spiro atoms. The van der Waals surface area contributed by atoms with Gasteiger partial charge in [0, 0.05) is 24.5 Å². The first-order valence-electron chi connectivity index (χ1n) is 7.31. The van der Waals surface area contributed by atoms with Gasteiger partial charge in [-0.3, -0.25) is 0 Å². The van der Waals surface area contributed by atoms with E-state index in [1.807, 2.05) is 6.07 Å². The van der Waals surface area contributed by atoms with E-state index in [0.29, 0.717) is 0 Å². The highest BCUT2D eigenvalue weighted by Crippen LogP contribution is 2.28. The Labute approximate surface area is 111 Å². The largest absolute Gasteiger partial charge is 0.399 e. The summed E-state index contributed by atoms with van der Waals surface area (Å²) in [5.74, 6) is 0.939. The van der Waals surface area contributed by atoms with Crippen molar-refractivity contribution in [3.05, 3.63) is 23.8 Å². The highest BCUT2D eigenvalue weighted by molar-refractivity contribution is 5.59. The predicted octanol–water partition coefficient (Wildman–Crippen LogP) is 3.98. The monoisotopic (exact) mass is 246 g/mol. The van der Waals surface area contributed by atoms with Gasteiger partial charge in [-0.05, 0) is 55.9 Å². The summed E-state index contributed by atoms with van der Waals surface area (Å²) in [6.45, 7) is 6.87. The van der Waals surface area contributed by atoms with Crippen LogP contribution in [-0.2, 0) is 0 Å². The third kappa shape index (κ3) is 3.18. The van der Waals surface area contributed by atoms with E-state index in [-0.39, 0.29) is 0 Å². The molecule has 2 N–H and O–H groups in total. The number of aryl methyl sites for hydroxylation is 1. The minimum atomic E-state index is 0.870. The summed E-state index contributed by atoms with van der Waals surface area (Å²) in [5.41, 5.74) is 9.39. The zero-order valence-corrected chi connectivity index (χ0v) is 11.8. The van der Waals surface area contributed by atoms with E-state index in [0.717, 1.165) is 11.6 Å². The minimum absolute atomic E-state index is 0.870. The smallest absolute Gasteiger partial charge is 0.0397 e. The van der Waals surface area contributed by atoms with Gasteiger partial charge in [-0.25, -0.2) is 0 Å². The van der Waals surface area contributed by atoms with Crippen LogP contribution in [-0.4, -0.2) is 13.1 Å². The molecule has 1 aliphatic heterocycles. The lowest BCUT2D eigenvalue weighted by Crippen LogP contribution is -2.25. The number of hydrogen-bond acceptors (Lipinski definition) is 2. The fourth-order valence-corrected chi connectivity index (χ4v) is 3.14. The maximum Gasteiger partial charge on any atom is 0.0397 e. The Kier molecular flexibility index (Phi) is 4.51. The Bertz CT molecular complexity index is 387. The number of anilines is 2. The number of benzene rings is 1. The molecule has 1 fully saturated rings. The molecule has 1 aromatic carbocycles. The lowest BCUT2D eigenvalue weighted by atomic mass is 9.96. The van der Waals surface area contributed by atoms with Crippen LogP contribution >= 0.6 is 0 Å². The van der Waals surface area contributed by atoms with Gasteiger partial charge >= 0.3 is 0 Å². The van der Waals surface area contributed by atoms with E-state index >= 15 is 0 Å². The third-order valence-corrected chi connectivity index (χ3v) is 4.11. The summed E-state index contributed by atoms with van der Waals surface area (Å²) in [4.78, 5) is 2.55. The summed E-state index contributed by atoms with van der Waals surface area (Å²) >= 11 is 0. The number of nitrogens with zero attached hydrogens (tertiary/aromatic N) is 1. The number of nitrogens with two attached hydrogens (primary N) is 1. The van der Waals surface area contributed by atoms with Crippen LogP contribution in [0.4, 0.5) is 11.4 Å². The van der Waals surface area contributed by atoms with Crippen LogP contribution < -0.4 is 10.6 Å². The maximum absolute atomic E-state index is 5.83. The molecule has 2 rings (SSSR count). The SMILES string of the molecule is CCCC1CCCN(c2ccc(N)cc2C)CC1. The van der Waals surface area contributed by atoms with Crippen molar-refractivity contribution >= 4 is 11.4 Å². The van der Waals surface area contributed by atoms with Gasteiger partial charge in [0.1, 0.15) is 0 Å². The van der Waals surface area contributed by atoms with Crippen LogP contribution in [0.2, 0.25) is 0 Å². The van der Waals surface area contributed by atoms with Crippen LogP contribution in [0.1, 0.15) is 44.6 Å². The zero-order chi connectivity index (χ0) is 13.0. The van der Waals surface area contributed by atoms with Crippen molar-refractivity contribution in [2.24, 2.45) is 5.92 Å². The molecule has 0 amide bonds. The highest BCUT2D eigenvalue weighted by Gasteiger charge is 2.17. The Balaban J connectivity index is 2.05. The lowest BCUT2D eigenvalue weighted by Gasteiger charge is -2.25. The fourth-order valence-electron chi connectivity index (χ4n) is 3.14. The molecule has 1 atom stereocenters. The minimum Gasteiger partial charge on any atom is -0.399 e.